The van der Waals surface area contributed by atoms with Gasteiger partial charge in [-0.05, 0) is 30.3 Å². The van der Waals surface area contributed by atoms with E-state index in [4.69, 9.17) is 60.6 Å². The van der Waals surface area contributed by atoms with Crippen molar-refractivity contribution in [2.24, 2.45) is 0 Å². The molecule has 182 valence electrons. The lowest BCUT2D eigenvalue weighted by Crippen LogP contribution is -2.40. The second kappa shape index (κ2) is 12.4. The van der Waals surface area contributed by atoms with Crippen LogP contribution < -0.4 is 18.9 Å². The molecule has 0 spiro atoms. The van der Waals surface area contributed by atoms with E-state index in [2.05, 4.69) is 4.74 Å². The van der Waals surface area contributed by atoms with Gasteiger partial charge in [0, 0.05) is 34.5 Å². The number of hydrogen-bond donors (Lipinski definition) is 0. The molecule has 2 rings (SSSR count). The predicted octanol–water partition coefficient (Wildman–Crippen LogP) is 8.50. The highest BCUT2D eigenvalue weighted by Gasteiger charge is 2.57. The van der Waals surface area contributed by atoms with Crippen molar-refractivity contribution in [3.63, 3.8) is 0 Å². The van der Waals surface area contributed by atoms with E-state index in [9.17, 15) is 17.6 Å². The molecule has 0 saturated heterocycles. The van der Waals surface area contributed by atoms with Crippen LogP contribution in [0.5, 0.6) is 23.0 Å². The smallest absolute Gasteiger partial charge is 0.475 e. The summed E-state index contributed by atoms with van der Waals surface area (Å²) in [4.78, 5) is -4.51. The van der Waals surface area contributed by atoms with Crippen molar-refractivity contribution in [2.75, 3.05) is 19.8 Å². The van der Waals surface area contributed by atoms with Gasteiger partial charge in [-0.25, -0.2) is 0 Å². The van der Waals surface area contributed by atoms with Gasteiger partial charge in [0.2, 0.25) is 0 Å². The van der Waals surface area contributed by atoms with Crippen LogP contribution in [-0.4, -0.2) is 30.8 Å². The zero-order valence-electron chi connectivity index (χ0n) is 16.4. The molecule has 0 N–H and O–H groups in total. The van der Waals surface area contributed by atoms with Gasteiger partial charge in [0.05, 0.1) is 23.3 Å². The Morgan fingerprint density at radius 3 is 1.94 bits per heavy atom. The third kappa shape index (κ3) is 9.13. The minimum Gasteiger partial charge on any atom is -0.493 e. The predicted molar refractivity (Wildman–Crippen MR) is 123 cm³/mol. The fourth-order valence-electron chi connectivity index (χ4n) is 2.19. The van der Waals surface area contributed by atoms with Crippen molar-refractivity contribution < 1.29 is 36.5 Å². The molecule has 33 heavy (non-hydrogen) atoms. The van der Waals surface area contributed by atoms with E-state index in [1.165, 1.54) is 30.3 Å². The Bertz CT molecular complexity index is 929. The number of halogens is 9. The Balaban J connectivity index is 1.79. The molecular weight excluding hydrogens is 602 g/mol. The second-order valence-electron chi connectivity index (χ2n) is 6.16. The SMILES string of the molecule is FC(F)(Br)C(F)(F)Oc1ccc(OCCCOc2c(Cl)cc(OCC=C(Cl)Cl)cc2Cl)cc1. The first-order valence-electron chi connectivity index (χ1n) is 9.01. The van der Waals surface area contributed by atoms with Crippen LogP contribution in [0.1, 0.15) is 6.42 Å². The quantitative estimate of drug-likeness (QED) is 0.136. The van der Waals surface area contributed by atoms with E-state index >= 15 is 0 Å². The van der Waals surface area contributed by atoms with Crippen molar-refractivity contribution in [3.8, 4) is 23.0 Å². The fraction of sp³-hybridized carbons (Fsp3) is 0.300. The lowest BCUT2D eigenvalue weighted by molar-refractivity contribution is -0.266. The zero-order valence-corrected chi connectivity index (χ0v) is 21.0. The topological polar surface area (TPSA) is 36.9 Å². The maximum Gasteiger partial charge on any atom is 0.475 e. The van der Waals surface area contributed by atoms with Crippen molar-refractivity contribution in [1.82, 2.24) is 0 Å². The van der Waals surface area contributed by atoms with E-state index in [0.717, 1.165) is 12.1 Å². The molecule has 13 heteroatoms. The molecule has 0 amide bonds. The monoisotopic (exact) mass is 614 g/mol. The molecule has 0 aliphatic carbocycles. The summed E-state index contributed by atoms with van der Waals surface area (Å²) in [6.07, 6.45) is -2.84. The minimum absolute atomic E-state index is 0.0690. The first kappa shape index (κ1) is 28.0. The average Bonchev–Trinajstić information content (AvgIpc) is 2.69. The first-order chi connectivity index (χ1) is 15.4. The lowest BCUT2D eigenvalue weighted by atomic mass is 10.3. The molecule has 0 heterocycles. The lowest BCUT2D eigenvalue weighted by Gasteiger charge is -2.21. The molecule has 0 radical (unpaired) electrons. The standard InChI is InChI=1S/C20H15BrCl4F4O4/c21-19(26,27)20(28,29)33-13-4-2-12(3-5-13)30-7-1-8-32-18-15(22)10-14(11-16(18)23)31-9-6-17(24)25/h2-6,10-11H,1,7-9H2. The van der Waals surface area contributed by atoms with Crippen LogP contribution in [0, 0.1) is 0 Å². The third-order valence-electron chi connectivity index (χ3n) is 3.66. The summed E-state index contributed by atoms with van der Waals surface area (Å²) >= 11 is 24.9. The largest absolute Gasteiger partial charge is 0.493 e. The van der Waals surface area contributed by atoms with Gasteiger partial charge < -0.3 is 18.9 Å². The summed E-state index contributed by atoms with van der Waals surface area (Å²) in [5.74, 6) is 0.535. The highest BCUT2D eigenvalue weighted by molar-refractivity contribution is 9.10. The molecule has 0 aliphatic rings. The summed E-state index contributed by atoms with van der Waals surface area (Å²) < 4.78 is 72.4. The van der Waals surface area contributed by atoms with Crippen LogP contribution in [0.3, 0.4) is 0 Å². The van der Waals surface area contributed by atoms with Crippen LogP contribution in [0.4, 0.5) is 17.6 Å². The van der Waals surface area contributed by atoms with E-state index in [0.29, 0.717) is 17.9 Å². The van der Waals surface area contributed by atoms with Crippen molar-refractivity contribution in [3.05, 3.63) is 57.0 Å². The van der Waals surface area contributed by atoms with E-state index in [1.807, 2.05) is 0 Å². The molecule has 2 aromatic rings. The first-order valence-corrected chi connectivity index (χ1v) is 11.3. The molecule has 0 atom stereocenters. The normalized spacial score (nSPS) is 11.7. The fourth-order valence-corrected chi connectivity index (χ4v) is 2.97. The summed E-state index contributed by atoms with van der Waals surface area (Å²) in [7, 11) is 0. The molecule has 0 fully saturated rings. The molecule has 0 bridgehead atoms. The molecule has 0 aliphatic heterocycles. The number of benzene rings is 2. The van der Waals surface area contributed by atoms with Gasteiger partial charge in [-0.3, -0.25) is 0 Å². The van der Waals surface area contributed by atoms with Crippen LogP contribution in [0.2, 0.25) is 10.0 Å². The van der Waals surface area contributed by atoms with Crippen LogP contribution in [0.15, 0.2) is 47.0 Å². The Morgan fingerprint density at radius 1 is 0.848 bits per heavy atom. The summed E-state index contributed by atoms with van der Waals surface area (Å²) in [5.41, 5.74) is 0. The minimum atomic E-state index is -4.71. The molecule has 2 aromatic carbocycles. The number of ether oxygens (including phenoxy) is 4. The Morgan fingerprint density at radius 2 is 1.39 bits per heavy atom. The van der Waals surface area contributed by atoms with Crippen LogP contribution in [-0.2, 0) is 0 Å². The molecule has 0 aromatic heterocycles. The van der Waals surface area contributed by atoms with Gasteiger partial charge in [-0.1, -0.05) is 46.4 Å². The van der Waals surface area contributed by atoms with E-state index in [-0.39, 0.29) is 40.1 Å². The molecule has 0 unspecified atom stereocenters. The van der Waals surface area contributed by atoms with Crippen LogP contribution >= 0.6 is 62.3 Å². The van der Waals surface area contributed by atoms with Gasteiger partial charge in [0.15, 0.2) is 5.75 Å². The van der Waals surface area contributed by atoms with Gasteiger partial charge in [-0.15, -0.1) is 0 Å². The van der Waals surface area contributed by atoms with Crippen molar-refractivity contribution >= 4 is 62.3 Å². The Kier molecular flexibility index (Phi) is 10.6. The number of hydrogen-bond acceptors (Lipinski definition) is 4. The van der Waals surface area contributed by atoms with Gasteiger partial charge in [0.25, 0.3) is 0 Å². The van der Waals surface area contributed by atoms with Gasteiger partial charge in [-0.2, -0.15) is 17.6 Å². The molecule has 0 saturated carbocycles. The summed E-state index contributed by atoms with van der Waals surface area (Å²) in [5, 5.41) is 0.474. The molecule has 4 nitrogen and oxygen atoms in total. The summed E-state index contributed by atoms with van der Waals surface area (Å²) in [6, 6.07) is 7.81. The third-order valence-corrected chi connectivity index (χ3v) is 4.99. The average molecular weight is 617 g/mol. The Labute approximate surface area is 215 Å². The number of alkyl halides is 5. The molecular formula is C20H15BrCl4F4O4. The van der Waals surface area contributed by atoms with Gasteiger partial charge >= 0.3 is 10.9 Å². The maximum atomic E-state index is 13.2. The van der Waals surface area contributed by atoms with Crippen molar-refractivity contribution in [2.45, 2.75) is 17.4 Å². The second-order valence-corrected chi connectivity index (χ2v) is 8.98. The Hall–Kier alpha value is -1.26. The zero-order chi connectivity index (χ0) is 24.6. The van der Waals surface area contributed by atoms with E-state index < -0.39 is 16.7 Å². The highest BCUT2D eigenvalue weighted by atomic mass is 79.9. The number of rotatable bonds is 12. The van der Waals surface area contributed by atoms with Crippen LogP contribution in [0.25, 0.3) is 0 Å². The van der Waals surface area contributed by atoms with E-state index in [1.54, 1.807) is 15.9 Å². The maximum absolute atomic E-state index is 13.2. The summed E-state index contributed by atoms with van der Waals surface area (Å²) in [6.45, 7) is 0.542. The van der Waals surface area contributed by atoms with Crippen molar-refractivity contribution in [1.29, 1.82) is 0 Å². The highest BCUT2D eigenvalue weighted by Crippen LogP contribution is 2.41. The van der Waals surface area contributed by atoms with Gasteiger partial charge in [0.1, 0.15) is 28.3 Å².